The summed E-state index contributed by atoms with van der Waals surface area (Å²) < 4.78 is 0. The summed E-state index contributed by atoms with van der Waals surface area (Å²) in [5, 5.41) is 25.5. The Labute approximate surface area is 184 Å². The van der Waals surface area contributed by atoms with Crippen LogP contribution in [0.1, 0.15) is 36.3 Å². The highest BCUT2D eigenvalue weighted by atomic mass is 32.1. The second kappa shape index (κ2) is 8.89. The third-order valence-electron chi connectivity index (χ3n) is 5.27. The lowest BCUT2D eigenvalue weighted by Crippen LogP contribution is -2.21. The number of nitrogens with zero attached hydrogens (tertiary/aromatic N) is 2. The second-order valence-corrected chi connectivity index (χ2v) is 8.96. The van der Waals surface area contributed by atoms with Gasteiger partial charge in [0.25, 0.3) is 0 Å². The van der Waals surface area contributed by atoms with Crippen molar-refractivity contribution < 1.29 is 15.0 Å². The van der Waals surface area contributed by atoms with Crippen LogP contribution in [0.5, 0.6) is 5.88 Å². The molecule has 0 atom stereocenters. The molecule has 0 saturated carbocycles. The summed E-state index contributed by atoms with van der Waals surface area (Å²) in [6.07, 6.45) is 2.08. The molecule has 6 nitrogen and oxygen atoms in total. The van der Waals surface area contributed by atoms with Crippen molar-refractivity contribution in [2.24, 2.45) is 10.9 Å². The van der Waals surface area contributed by atoms with Crippen molar-refractivity contribution >= 4 is 33.7 Å². The van der Waals surface area contributed by atoms with Crippen LogP contribution in [0.15, 0.2) is 47.5 Å². The number of carbonyl (C=O) groups is 1. The molecule has 0 spiro atoms. The Balaban J connectivity index is 1.67. The van der Waals surface area contributed by atoms with Crippen molar-refractivity contribution in [2.75, 3.05) is 11.9 Å². The molecular weight excluding hydrogens is 410 g/mol. The maximum atomic E-state index is 10.8. The molecule has 2 heterocycles. The molecule has 160 valence electrons. The molecule has 31 heavy (non-hydrogen) atoms. The van der Waals surface area contributed by atoms with E-state index in [-0.39, 0.29) is 18.2 Å². The van der Waals surface area contributed by atoms with E-state index in [1.54, 1.807) is 12.1 Å². The monoisotopic (exact) mass is 435 g/mol. The van der Waals surface area contributed by atoms with Crippen LogP contribution in [-0.4, -0.2) is 27.7 Å². The van der Waals surface area contributed by atoms with Crippen molar-refractivity contribution in [3.05, 3.63) is 69.0 Å². The minimum atomic E-state index is -0.859. The maximum absolute atomic E-state index is 10.8. The Bertz CT molecular complexity index is 1230. The predicted octanol–water partition coefficient (Wildman–Crippen LogP) is 3.64. The molecule has 1 aromatic heterocycles. The molecule has 4 rings (SSSR count). The highest BCUT2D eigenvalue weighted by molar-refractivity contribution is 7.17. The summed E-state index contributed by atoms with van der Waals surface area (Å²) in [5.74, 6) is -0.642. The van der Waals surface area contributed by atoms with Gasteiger partial charge in [0, 0.05) is 12.2 Å². The van der Waals surface area contributed by atoms with Crippen molar-refractivity contribution in [1.82, 2.24) is 4.98 Å². The normalized spacial score (nSPS) is 14.0. The summed E-state index contributed by atoms with van der Waals surface area (Å²) in [7, 11) is 0. The maximum Gasteiger partial charge on any atom is 0.307 e. The van der Waals surface area contributed by atoms with Gasteiger partial charge in [0.05, 0.1) is 16.7 Å². The Morgan fingerprint density at radius 1 is 1.19 bits per heavy atom. The second-order valence-electron chi connectivity index (χ2n) is 7.96. The van der Waals surface area contributed by atoms with Gasteiger partial charge in [0.1, 0.15) is 0 Å². The van der Waals surface area contributed by atoms with E-state index in [0.717, 1.165) is 51.7 Å². The molecule has 0 bridgehead atoms. The molecule has 7 heteroatoms. The fraction of sp³-hybridized carbons (Fsp3) is 0.292. The lowest BCUT2D eigenvalue weighted by molar-refractivity contribution is -0.136. The first-order valence-electron chi connectivity index (χ1n) is 10.4. The first-order valence-corrected chi connectivity index (χ1v) is 11.2. The average molecular weight is 436 g/mol. The highest BCUT2D eigenvalue weighted by Crippen LogP contribution is 2.37. The molecule has 1 aliphatic heterocycles. The number of aryl methyl sites for hydroxylation is 1. The highest BCUT2D eigenvalue weighted by Gasteiger charge is 2.18. The Morgan fingerprint density at radius 2 is 1.97 bits per heavy atom. The molecule has 1 aliphatic rings. The topological polar surface area (TPSA) is 94.8 Å². The minimum absolute atomic E-state index is 0.0107. The zero-order valence-corrected chi connectivity index (χ0v) is 18.4. The quantitative estimate of drug-likeness (QED) is 0.550. The van der Waals surface area contributed by atoms with E-state index in [1.807, 2.05) is 12.1 Å². The fourth-order valence-electron chi connectivity index (χ4n) is 3.85. The number of fused-ring (bicyclic) bond motifs is 1. The molecule has 0 amide bonds. The van der Waals surface area contributed by atoms with E-state index >= 15 is 0 Å². The number of anilines is 2. The van der Waals surface area contributed by atoms with Crippen LogP contribution in [0.2, 0.25) is 0 Å². The molecule has 0 unspecified atom stereocenters. The van der Waals surface area contributed by atoms with Crippen LogP contribution in [0.25, 0.3) is 5.57 Å². The van der Waals surface area contributed by atoms with Crippen LogP contribution in [0, 0.1) is 5.92 Å². The van der Waals surface area contributed by atoms with Gasteiger partial charge >= 0.3 is 5.97 Å². The van der Waals surface area contributed by atoms with Crippen LogP contribution in [0.4, 0.5) is 10.8 Å². The summed E-state index contributed by atoms with van der Waals surface area (Å²) in [6.45, 7) is 5.12. The molecule has 2 aromatic carbocycles. The number of nitrogens with one attached hydrogen (secondary N) is 1. The number of benzene rings is 2. The van der Waals surface area contributed by atoms with Crippen molar-refractivity contribution in [3.8, 4) is 5.88 Å². The van der Waals surface area contributed by atoms with Crippen molar-refractivity contribution in [1.29, 1.82) is 0 Å². The van der Waals surface area contributed by atoms with E-state index in [9.17, 15) is 9.90 Å². The molecule has 0 aliphatic carbocycles. The van der Waals surface area contributed by atoms with Crippen LogP contribution in [0.3, 0.4) is 0 Å². The molecule has 3 N–H and O–H groups in total. The largest absolute Gasteiger partial charge is 0.492 e. The van der Waals surface area contributed by atoms with Crippen molar-refractivity contribution in [2.45, 2.75) is 33.1 Å². The summed E-state index contributed by atoms with van der Waals surface area (Å²) >= 11 is 1.41. The van der Waals surface area contributed by atoms with Crippen LogP contribution in [-0.2, 0) is 17.6 Å². The summed E-state index contributed by atoms with van der Waals surface area (Å²) in [6, 6.07) is 13.5. The zero-order chi connectivity index (χ0) is 22.0. The van der Waals surface area contributed by atoms with E-state index in [1.165, 1.54) is 16.9 Å². The standard InChI is InChI=1S/C24H25N3O3S/c1-14(2)21(17-7-10-19-16(13-17)4-3-11-25-19)22-23(30)27-24(31-22)26-18-8-5-15(6-9-18)12-20(28)29/h5-10,13-14,30H,3-4,11-12H2,1-2H3,(H,26,27)(H,28,29). The van der Waals surface area contributed by atoms with Gasteiger partial charge in [0.2, 0.25) is 5.88 Å². The SMILES string of the molecule is CC(C)C(c1sc(Nc2ccc(CC(=O)O)cc2)nc1O)=c1ccc2c(c1)CCCN=2. The number of carboxylic acids is 1. The van der Waals surface area contributed by atoms with Gasteiger partial charge in [-0.3, -0.25) is 9.79 Å². The first kappa shape index (κ1) is 21.1. The van der Waals surface area contributed by atoms with Crippen LogP contribution >= 0.6 is 11.3 Å². The van der Waals surface area contributed by atoms with Crippen LogP contribution < -0.4 is 15.9 Å². The number of thiazole rings is 1. The van der Waals surface area contributed by atoms with Gasteiger partial charge in [0.15, 0.2) is 5.13 Å². The van der Waals surface area contributed by atoms with E-state index in [4.69, 9.17) is 5.11 Å². The molecule has 3 aromatic rings. The van der Waals surface area contributed by atoms with Crippen molar-refractivity contribution in [3.63, 3.8) is 0 Å². The minimum Gasteiger partial charge on any atom is -0.492 e. The summed E-state index contributed by atoms with van der Waals surface area (Å²) in [5.41, 5.74) is 3.84. The Morgan fingerprint density at radius 3 is 2.68 bits per heavy atom. The number of aliphatic carboxylic acids is 1. The predicted molar refractivity (Wildman–Crippen MR) is 123 cm³/mol. The molecular formula is C24H25N3O3S. The number of hydrogen-bond donors (Lipinski definition) is 3. The van der Waals surface area contributed by atoms with E-state index in [2.05, 4.69) is 47.3 Å². The lowest BCUT2D eigenvalue weighted by Gasteiger charge is -2.12. The third-order valence-corrected chi connectivity index (χ3v) is 6.26. The Kier molecular flexibility index (Phi) is 6.04. The number of aromatic nitrogens is 1. The third kappa shape index (κ3) is 4.77. The van der Waals surface area contributed by atoms with Gasteiger partial charge in [-0.1, -0.05) is 43.4 Å². The average Bonchev–Trinajstić information content (AvgIpc) is 3.08. The number of hydrogen-bond acceptors (Lipinski definition) is 6. The Hall–Kier alpha value is -3.19. The van der Waals surface area contributed by atoms with Gasteiger partial charge in [-0.05, 0) is 64.9 Å². The van der Waals surface area contributed by atoms with Gasteiger partial charge in [-0.25, -0.2) is 0 Å². The van der Waals surface area contributed by atoms with Gasteiger partial charge in [-0.15, -0.1) is 0 Å². The zero-order valence-electron chi connectivity index (χ0n) is 17.6. The van der Waals surface area contributed by atoms with Gasteiger partial charge < -0.3 is 15.5 Å². The first-order chi connectivity index (χ1) is 14.9. The number of aromatic hydroxyl groups is 1. The van der Waals surface area contributed by atoms with Gasteiger partial charge in [-0.2, -0.15) is 4.98 Å². The molecule has 0 fully saturated rings. The molecule has 0 radical (unpaired) electrons. The van der Waals surface area contributed by atoms with E-state index < -0.39 is 5.97 Å². The van der Waals surface area contributed by atoms with E-state index in [0.29, 0.717) is 5.13 Å². The molecule has 0 saturated heterocycles. The number of carboxylic acid groups (broad SMARTS) is 1. The number of rotatable bonds is 6. The lowest BCUT2D eigenvalue weighted by atomic mass is 9.96. The fourth-order valence-corrected chi connectivity index (χ4v) is 4.94. The smallest absolute Gasteiger partial charge is 0.307 e. The summed E-state index contributed by atoms with van der Waals surface area (Å²) in [4.78, 5) is 20.5.